The van der Waals surface area contributed by atoms with Gasteiger partial charge in [0, 0.05) is 43.1 Å². The number of likely N-dealkylation sites (tertiary alicyclic amines) is 1. The maximum absolute atomic E-state index is 13.1. The van der Waals surface area contributed by atoms with Crippen molar-refractivity contribution >= 4 is 27.7 Å². The van der Waals surface area contributed by atoms with Crippen molar-refractivity contribution in [3.8, 4) is 0 Å². The average Bonchev–Trinajstić information content (AvgIpc) is 3.37. The van der Waals surface area contributed by atoms with E-state index in [0.29, 0.717) is 36.0 Å². The molecule has 1 saturated carbocycles. The fraction of sp³-hybridized carbons (Fsp3) is 0.500. The first-order valence-electron chi connectivity index (χ1n) is 10.4. The molecule has 2 aliphatic rings. The first-order chi connectivity index (χ1) is 14.0. The number of carbonyl (C=O) groups excluding carboxylic acids is 1. The summed E-state index contributed by atoms with van der Waals surface area (Å²) < 4.78 is 7.41. The Balaban J connectivity index is 1.53. The SMILES string of the molecule is CCOCC1CN(C(=O)c2cc3c(cc2C)[nH]c(=O)c2cnn(CC4CC4)c23)C1. The molecule has 152 valence electrons. The van der Waals surface area contributed by atoms with Gasteiger partial charge in [0.2, 0.25) is 0 Å². The van der Waals surface area contributed by atoms with Crippen molar-refractivity contribution in [2.45, 2.75) is 33.2 Å². The zero-order chi connectivity index (χ0) is 20.1. The second-order valence-electron chi connectivity index (χ2n) is 8.43. The summed E-state index contributed by atoms with van der Waals surface area (Å²) in [7, 11) is 0. The molecule has 0 unspecified atom stereocenters. The Hall–Kier alpha value is -2.67. The van der Waals surface area contributed by atoms with Crippen LogP contribution in [0.15, 0.2) is 23.1 Å². The number of amides is 1. The van der Waals surface area contributed by atoms with E-state index in [4.69, 9.17) is 4.74 Å². The third kappa shape index (κ3) is 3.23. The standard InChI is InChI=1S/C22H26N4O3/c1-3-29-12-15-9-25(10-15)22(28)16-7-17-19(6-13(16)2)24-21(27)18-8-23-26(20(17)18)11-14-4-5-14/h6-8,14-15H,3-5,9-12H2,1-2H3,(H,24,27). The van der Waals surface area contributed by atoms with E-state index in [1.165, 1.54) is 12.8 Å². The Labute approximate surface area is 168 Å². The van der Waals surface area contributed by atoms with Crippen LogP contribution < -0.4 is 5.56 Å². The molecule has 1 saturated heterocycles. The van der Waals surface area contributed by atoms with Crippen LogP contribution in [0.2, 0.25) is 0 Å². The lowest BCUT2D eigenvalue weighted by Crippen LogP contribution is -2.51. The molecule has 1 aliphatic carbocycles. The van der Waals surface area contributed by atoms with Crippen LogP contribution in [-0.4, -0.2) is 51.9 Å². The van der Waals surface area contributed by atoms with E-state index in [-0.39, 0.29) is 11.5 Å². The van der Waals surface area contributed by atoms with Crippen molar-refractivity contribution in [2.75, 3.05) is 26.3 Å². The number of nitrogens with one attached hydrogen (secondary N) is 1. The number of aromatic amines is 1. The molecule has 2 aromatic heterocycles. The predicted octanol–water partition coefficient (Wildman–Crippen LogP) is 2.70. The number of nitrogens with zero attached hydrogens (tertiary/aromatic N) is 3. The lowest BCUT2D eigenvalue weighted by atomic mass is 9.97. The summed E-state index contributed by atoms with van der Waals surface area (Å²) in [5.41, 5.74) is 3.03. The monoisotopic (exact) mass is 394 g/mol. The van der Waals surface area contributed by atoms with E-state index < -0.39 is 0 Å². The fourth-order valence-corrected chi connectivity index (χ4v) is 4.24. The average molecular weight is 394 g/mol. The summed E-state index contributed by atoms with van der Waals surface area (Å²) in [5, 5.41) is 5.94. The second-order valence-corrected chi connectivity index (χ2v) is 8.43. The highest BCUT2D eigenvalue weighted by Gasteiger charge is 2.32. The summed E-state index contributed by atoms with van der Waals surface area (Å²) >= 11 is 0. The Kier molecular flexibility index (Phi) is 4.42. The van der Waals surface area contributed by atoms with Gasteiger partial charge in [0.05, 0.1) is 29.2 Å². The van der Waals surface area contributed by atoms with Gasteiger partial charge in [-0.2, -0.15) is 5.10 Å². The van der Waals surface area contributed by atoms with Gasteiger partial charge in [-0.25, -0.2) is 0 Å². The normalized spacial score (nSPS) is 17.2. The number of H-pyrrole nitrogens is 1. The Morgan fingerprint density at radius 2 is 2.03 bits per heavy atom. The van der Waals surface area contributed by atoms with Gasteiger partial charge in [-0.1, -0.05) is 0 Å². The van der Waals surface area contributed by atoms with Crippen LogP contribution in [0.3, 0.4) is 0 Å². The molecule has 0 atom stereocenters. The Morgan fingerprint density at radius 1 is 1.24 bits per heavy atom. The number of benzene rings is 1. The van der Waals surface area contributed by atoms with Gasteiger partial charge in [-0.3, -0.25) is 14.3 Å². The minimum Gasteiger partial charge on any atom is -0.381 e. The third-order valence-electron chi connectivity index (χ3n) is 6.11. The number of carbonyl (C=O) groups is 1. The van der Waals surface area contributed by atoms with E-state index in [1.54, 1.807) is 6.20 Å². The third-order valence-corrected chi connectivity index (χ3v) is 6.11. The van der Waals surface area contributed by atoms with Crippen LogP contribution in [0, 0.1) is 18.8 Å². The minimum absolute atomic E-state index is 0.0461. The largest absolute Gasteiger partial charge is 0.381 e. The first kappa shape index (κ1) is 18.4. The number of rotatable bonds is 6. The molecule has 29 heavy (non-hydrogen) atoms. The molecule has 0 radical (unpaired) electrons. The van der Waals surface area contributed by atoms with Crippen LogP contribution in [0.25, 0.3) is 21.8 Å². The number of hydrogen-bond acceptors (Lipinski definition) is 4. The molecule has 1 aromatic carbocycles. The molecule has 5 rings (SSSR count). The topological polar surface area (TPSA) is 80.2 Å². The number of ether oxygens (including phenoxy) is 1. The summed E-state index contributed by atoms with van der Waals surface area (Å²) in [4.78, 5) is 30.5. The molecule has 0 bridgehead atoms. The van der Waals surface area contributed by atoms with Crippen molar-refractivity contribution in [3.63, 3.8) is 0 Å². The second kappa shape index (κ2) is 6.99. The van der Waals surface area contributed by atoms with E-state index in [2.05, 4.69) is 10.1 Å². The van der Waals surface area contributed by atoms with Crippen LogP contribution in [-0.2, 0) is 11.3 Å². The van der Waals surface area contributed by atoms with Gasteiger partial charge in [0.25, 0.3) is 11.5 Å². The number of aryl methyl sites for hydroxylation is 1. The molecular weight excluding hydrogens is 368 g/mol. The van der Waals surface area contributed by atoms with Crippen molar-refractivity contribution in [3.05, 3.63) is 39.8 Å². The van der Waals surface area contributed by atoms with Gasteiger partial charge in [0.15, 0.2) is 0 Å². The fourth-order valence-electron chi connectivity index (χ4n) is 4.24. The van der Waals surface area contributed by atoms with Gasteiger partial charge in [-0.05, 0) is 50.3 Å². The molecule has 7 nitrogen and oxygen atoms in total. The predicted molar refractivity (Wildman–Crippen MR) is 111 cm³/mol. The summed E-state index contributed by atoms with van der Waals surface area (Å²) in [6.07, 6.45) is 4.07. The Morgan fingerprint density at radius 3 is 2.76 bits per heavy atom. The number of pyridine rings is 1. The molecule has 1 aliphatic heterocycles. The zero-order valence-corrected chi connectivity index (χ0v) is 16.9. The quantitative estimate of drug-likeness (QED) is 0.697. The van der Waals surface area contributed by atoms with Gasteiger partial charge >= 0.3 is 0 Å². The van der Waals surface area contributed by atoms with E-state index >= 15 is 0 Å². The molecule has 7 heteroatoms. The highest BCUT2D eigenvalue weighted by molar-refractivity contribution is 6.07. The van der Waals surface area contributed by atoms with Crippen LogP contribution >= 0.6 is 0 Å². The van der Waals surface area contributed by atoms with Crippen molar-refractivity contribution in [1.29, 1.82) is 0 Å². The van der Waals surface area contributed by atoms with E-state index in [9.17, 15) is 9.59 Å². The highest BCUT2D eigenvalue weighted by atomic mass is 16.5. The maximum Gasteiger partial charge on any atom is 0.259 e. The maximum atomic E-state index is 13.1. The molecule has 0 spiro atoms. The summed E-state index contributed by atoms with van der Waals surface area (Å²) in [5.74, 6) is 1.11. The number of aromatic nitrogens is 3. The van der Waals surface area contributed by atoms with Crippen molar-refractivity contribution < 1.29 is 9.53 Å². The molecule has 3 aromatic rings. The Bertz CT molecular complexity index is 1150. The number of fused-ring (bicyclic) bond motifs is 3. The molecule has 1 N–H and O–H groups in total. The lowest BCUT2D eigenvalue weighted by Gasteiger charge is -2.39. The lowest BCUT2D eigenvalue weighted by molar-refractivity contribution is 0.0177. The first-order valence-corrected chi connectivity index (χ1v) is 10.4. The van der Waals surface area contributed by atoms with Crippen molar-refractivity contribution in [1.82, 2.24) is 19.7 Å². The smallest absolute Gasteiger partial charge is 0.259 e. The number of hydrogen-bond donors (Lipinski definition) is 1. The minimum atomic E-state index is -0.130. The highest BCUT2D eigenvalue weighted by Crippen LogP contribution is 2.33. The van der Waals surface area contributed by atoms with Crippen LogP contribution in [0.5, 0.6) is 0 Å². The summed E-state index contributed by atoms with van der Waals surface area (Å²) in [6, 6.07) is 3.85. The van der Waals surface area contributed by atoms with Gasteiger partial charge in [0.1, 0.15) is 0 Å². The van der Waals surface area contributed by atoms with Gasteiger partial charge < -0.3 is 14.6 Å². The van der Waals surface area contributed by atoms with Crippen molar-refractivity contribution in [2.24, 2.45) is 11.8 Å². The molecule has 2 fully saturated rings. The van der Waals surface area contributed by atoms with E-state index in [0.717, 1.165) is 41.6 Å². The van der Waals surface area contributed by atoms with Gasteiger partial charge in [-0.15, -0.1) is 0 Å². The summed E-state index contributed by atoms with van der Waals surface area (Å²) in [6.45, 7) is 7.61. The molecule has 1 amide bonds. The van der Waals surface area contributed by atoms with Crippen LogP contribution in [0.4, 0.5) is 0 Å². The molecular formula is C22H26N4O3. The van der Waals surface area contributed by atoms with E-state index in [1.807, 2.05) is 35.6 Å². The zero-order valence-electron chi connectivity index (χ0n) is 16.9. The van der Waals surface area contributed by atoms with Crippen LogP contribution in [0.1, 0.15) is 35.7 Å². The molecule has 3 heterocycles.